The highest BCUT2D eigenvalue weighted by Crippen LogP contribution is 2.58. The lowest BCUT2D eigenvalue weighted by atomic mass is 9.56. The standard InChI is InChI=1S/C21H18ClN5/c1-27-14-6-7-17(27)18-15(8-14)16(9-23)20(26)21(10-24,11-25)19(18)12-2-4-13(22)5-3-12/h2-5,8,14,17-19H,6-7,26H2,1H3/t14-,17+,18+,19+/m1/s1. The SMILES string of the molecule is CN1[C@H]2C=C3C(C#N)=C(N)C(C#N)(C#N)[C@@H](c4ccc(Cl)cc4)[C@@H]3[C@@H]1CC2. The van der Waals surface area contributed by atoms with Crippen molar-refractivity contribution >= 4 is 11.6 Å². The van der Waals surface area contributed by atoms with Crippen LogP contribution in [-0.4, -0.2) is 24.0 Å². The molecule has 2 N–H and O–H groups in total. The van der Waals surface area contributed by atoms with Crippen molar-refractivity contribution in [2.24, 2.45) is 17.1 Å². The fraction of sp³-hybridized carbons (Fsp3) is 0.381. The number of nitrogens with two attached hydrogens (primary N) is 1. The lowest BCUT2D eigenvalue weighted by molar-refractivity contribution is 0.160. The quantitative estimate of drug-likeness (QED) is 0.812. The molecule has 3 aliphatic rings. The van der Waals surface area contributed by atoms with Crippen LogP contribution in [0.4, 0.5) is 0 Å². The molecule has 0 aromatic heterocycles. The normalized spacial score (nSPS) is 31.3. The number of hydrogen-bond donors (Lipinski definition) is 1. The summed E-state index contributed by atoms with van der Waals surface area (Å²) in [5.74, 6) is -0.601. The van der Waals surface area contributed by atoms with Crippen LogP contribution in [0.25, 0.3) is 0 Å². The molecule has 4 atom stereocenters. The number of rotatable bonds is 1. The minimum Gasteiger partial charge on any atom is -0.399 e. The largest absolute Gasteiger partial charge is 0.399 e. The summed E-state index contributed by atoms with van der Waals surface area (Å²) in [6.45, 7) is 0. The Bertz CT molecular complexity index is 971. The second kappa shape index (κ2) is 6.14. The van der Waals surface area contributed by atoms with Crippen LogP contribution in [0.3, 0.4) is 0 Å². The first kappa shape index (κ1) is 17.6. The summed E-state index contributed by atoms with van der Waals surface area (Å²) in [7, 11) is 2.07. The number of benzene rings is 1. The van der Waals surface area contributed by atoms with Crippen molar-refractivity contribution in [3.8, 4) is 18.2 Å². The number of nitriles is 3. The van der Waals surface area contributed by atoms with Crippen LogP contribution in [0.1, 0.15) is 24.3 Å². The third-order valence-corrected chi connectivity index (χ3v) is 6.70. The van der Waals surface area contributed by atoms with E-state index in [1.165, 1.54) is 0 Å². The molecule has 5 nitrogen and oxygen atoms in total. The highest BCUT2D eigenvalue weighted by Gasteiger charge is 2.58. The second-order valence-corrected chi connectivity index (χ2v) is 7.92. The number of likely N-dealkylation sites (N-methyl/N-ethyl adjacent to an activating group) is 1. The molecular formula is C21H18ClN5. The molecule has 2 bridgehead atoms. The number of fused-ring (bicyclic) bond motifs is 4. The summed E-state index contributed by atoms with van der Waals surface area (Å²) < 4.78 is 0. The molecule has 0 unspecified atom stereocenters. The van der Waals surface area contributed by atoms with E-state index in [0.29, 0.717) is 10.6 Å². The average molecular weight is 376 g/mol. The third kappa shape index (κ3) is 2.25. The zero-order valence-electron chi connectivity index (χ0n) is 14.9. The first-order chi connectivity index (χ1) is 13.0. The third-order valence-electron chi connectivity index (χ3n) is 6.45. The zero-order chi connectivity index (χ0) is 19.3. The maximum Gasteiger partial charge on any atom is 0.191 e. The van der Waals surface area contributed by atoms with Gasteiger partial charge in [0.2, 0.25) is 0 Å². The average Bonchev–Trinajstić information content (AvgIpc) is 2.91. The van der Waals surface area contributed by atoms with Crippen molar-refractivity contribution < 1.29 is 0 Å². The molecule has 1 aromatic carbocycles. The number of allylic oxidation sites excluding steroid dienone is 2. The zero-order valence-corrected chi connectivity index (χ0v) is 15.6. The maximum absolute atomic E-state index is 10.1. The Balaban J connectivity index is 2.04. The Kier molecular flexibility index (Phi) is 4.01. The Morgan fingerprint density at radius 3 is 2.41 bits per heavy atom. The molecule has 4 rings (SSSR count). The van der Waals surface area contributed by atoms with Gasteiger partial charge in [-0.2, -0.15) is 15.8 Å². The summed E-state index contributed by atoms with van der Waals surface area (Å²) in [4.78, 5) is 2.30. The predicted molar refractivity (Wildman–Crippen MR) is 101 cm³/mol. The highest BCUT2D eigenvalue weighted by molar-refractivity contribution is 6.30. The van der Waals surface area contributed by atoms with Crippen molar-refractivity contribution in [2.75, 3.05) is 7.05 Å². The smallest absolute Gasteiger partial charge is 0.191 e. The molecule has 2 heterocycles. The second-order valence-electron chi connectivity index (χ2n) is 7.49. The van der Waals surface area contributed by atoms with E-state index in [0.717, 1.165) is 24.0 Å². The van der Waals surface area contributed by atoms with E-state index < -0.39 is 11.3 Å². The van der Waals surface area contributed by atoms with E-state index >= 15 is 0 Å². The Morgan fingerprint density at radius 1 is 1.15 bits per heavy atom. The van der Waals surface area contributed by atoms with E-state index in [1.807, 2.05) is 12.1 Å². The van der Waals surface area contributed by atoms with Gasteiger partial charge in [0.25, 0.3) is 0 Å². The van der Waals surface area contributed by atoms with E-state index in [4.69, 9.17) is 17.3 Å². The topological polar surface area (TPSA) is 101 Å². The molecule has 1 saturated heterocycles. The first-order valence-electron chi connectivity index (χ1n) is 8.90. The maximum atomic E-state index is 10.1. The van der Waals surface area contributed by atoms with E-state index in [-0.39, 0.29) is 23.7 Å². The first-order valence-corrected chi connectivity index (χ1v) is 9.28. The molecule has 0 spiro atoms. The van der Waals surface area contributed by atoms with Gasteiger partial charge in [-0.3, -0.25) is 4.90 Å². The van der Waals surface area contributed by atoms with Crippen LogP contribution in [0.5, 0.6) is 0 Å². The number of halogens is 1. The van der Waals surface area contributed by atoms with Crippen LogP contribution in [-0.2, 0) is 0 Å². The summed E-state index contributed by atoms with van der Waals surface area (Å²) in [5, 5.41) is 30.6. The molecule has 1 aromatic rings. The van der Waals surface area contributed by atoms with E-state index in [9.17, 15) is 15.8 Å². The van der Waals surface area contributed by atoms with Gasteiger partial charge >= 0.3 is 0 Å². The highest BCUT2D eigenvalue weighted by atomic mass is 35.5. The lowest BCUT2D eigenvalue weighted by Crippen LogP contribution is -2.51. The van der Waals surface area contributed by atoms with Gasteiger partial charge in [0.05, 0.1) is 23.4 Å². The van der Waals surface area contributed by atoms with Gasteiger partial charge in [-0.15, -0.1) is 0 Å². The van der Waals surface area contributed by atoms with Crippen molar-refractivity contribution in [1.29, 1.82) is 15.8 Å². The summed E-state index contributed by atoms with van der Waals surface area (Å²) >= 11 is 6.06. The van der Waals surface area contributed by atoms with Crippen LogP contribution in [0, 0.1) is 45.3 Å². The number of hydrogen-bond acceptors (Lipinski definition) is 5. The summed E-state index contributed by atoms with van der Waals surface area (Å²) in [5.41, 5.74) is 6.86. The fourth-order valence-corrected chi connectivity index (χ4v) is 5.26. The molecule has 6 heteroatoms. The summed E-state index contributed by atoms with van der Waals surface area (Å²) in [6.07, 6.45) is 4.07. The van der Waals surface area contributed by atoms with Crippen molar-refractivity contribution in [3.63, 3.8) is 0 Å². The van der Waals surface area contributed by atoms with Crippen molar-refractivity contribution in [3.05, 3.63) is 57.8 Å². The van der Waals surface area contributed by atoms with Crippen LogP contribution in [0.2, 0.25) is 5.02 Å². The van der Waals surface area contributed by atoms with Gasteiger partial charge in [-0.25, -0.2) is 0 Å². The van der Waals surface area contributed by atoms with Gasteiger partial charge in [0.1, 0.15) is 6.07 Å². The fourth-order valence-electron chi connectivity index (χ4n) is 5.13. The van der Waals surface area contributed by atoms with E-state index in [2.05, 4.69) is 36.2 Å². The molecule has 1 fully saturated rings. The molecular weight excluding hydrogens is 358 g/mol. The molecule has 134 valence electrons. The van der Waals surface area contributed by atoms with Gasteiger partial charge in [-0.05, 0) is 43.2 Å². The monoisotopic (exact) mass is 375 g/mol. The molecule has 1 aliphatic carbocycles. The minimum atomic E-state index is -1.59. The predicted octanol–water partition coefficient (Wildman–Crippen LogP) is 3.23. The van der Waals surface area contributed by atoms with Crippen molar-refractivity contribution in [1.82, 2.24) is 4.90 Å². The Morgan fingerprint density at radius 2 is 1.81 bits per heavy atom. The minimum absolute atomic E-state index is 0.0707. The van der Waals surface area contributed by atoms with Gasteiger partial charge in [0, 0.05) is 28.9 Å². The Labute approximate surface area is 163 Å². The molecule has 0 saturated carbocycles. The van der Waals surface area contributed by atoms with Gasteiger partial charge in [-0.1, -0.05) is 29.8 Å². The van der Waals surface area contributed by atoms with Gasteiger partial charge < -0.3 is 5.73 Å². The molecule has 0 amide bonds. The Hall–Kier alpha value is -2.78. The van der Waals surface area contributed by atoms with Crippen molar-refractivity contribution in [2.45, 2.75) is 30.8 Å². The number of nitrogens with zero attached hydrogens (tertiary/aromatic N) is 4. The molecule has 0 radical (unpaired) electrons. The van der Waals surface area contributed by atoms with Crippen LogP contribution >= 0.6 is 11.6 Å². The molecule has 27 heavy (non-hydrogen) atoms. The molecule has 2 aliphatic heterocycles. The summed E-state index contributed by atoms with van der Waals surface area (Å²) in [6, 6.07) is 14.2. The van der Waals surface area contributed by atoms with E-state index in [1.54, 1.807) is 12.1 Å². The van der Waals surface area contributed by atoms with Gasteiger partial charge in [0.15, 0.2) is 5.41 Å². The van der Waals surface area contributed by atoms with Crippen LogP contribution in [0.15, 0.2) is 47.2 Å². The lowest BCUT2D eigenvalue weighted by Gasteiger charge is -2.48. The van der Waals surface area contributed by atoms with Crippen LogP contribution < -0.4 is 5.73 Å².